The van der Waals surface area contributed by atoms with E-state index in [0.717, 1.165) is 24.3 Å². The van der Waals surface area contributed by atoms with E-state index in [1.54, 1.807) is 25.1 Å². The summed E-state index contributed by atoms with van der Waals surface area (Å²) in [6.45, 7) is 7.72. The van der Waals surface area contributed by atoms with Gasteiger partial charge in [-0.05, 0) is 75.4 Å². The summed E-state index contributed by atoms with van der Waals surface area (Å²) in [7, 11) is 0. The lowest BCUT2D eigenvalue weighted by atomic mass is 10.1. The lowest BCUT2D eigenvalue weighted by Crippen LogP contribution is -2.21. The topological polar surface area (TPSA) is 102 Å². The van der Waals surface area contributed by atoms with Gasteiger partial charge in [0.05, 0.1) is 4.92 Å². The molecule has 168 valence electrons. The Bertz CT molecular complexity index is 1320. The Kier molecular flexibility index (Phi) is 6.08. The van der Waals surface area contributed by atoms with Gasteiger partial charge in [-0.2, -0.15) is 0 Å². The van der Waals surface area contributed by atoms with Gasteiger partial charge in [-0.15, -0.1) is 0 Å². The maximum atomic E-state index is 12.6. The summed E-state index contributed by atoms with van der Waals surface area (Å²) < 4.78 is 5.90. The molecular weight excluding hydrogens is 420 g/mol. The van der Waals surface area contributed by atoms with Gasteiger partial charge in [-0.25, -0.2) is 4.98 Å². The molecule has 0 saturated heterocycles. The molecule has 0 fully saturated rings. The molecule has 0 aliphatic rings. The Labute approximate surface area is 191 Å². The number of aryl methyl sites for hydroxylation is 1. The van der Waals surface area contributed by atoms with Crippen molar-refractivity contribution >= 4 is 34.1 Å². The van der Waals surface area contributed by atoms with E-state index in [-0.39, 0.29) is 11.6 Å². The molecule has 0 atom stereocenters. The highest BCUT2D eigenvalue weighted by Gasteiger charge is 2.15. The second-order valence-electron chi connectivity index (χ2n) is 7.63. The smallest absolute Gasteiger partial charge is 0.272 e. The van der Waals surface area contributed by atoms with Crippen molar-refractivity contribution in [3.05, 3.63) is 81.9 Å². The lowest BCUT2D eigenvalue weighted by molar-refractivity contribution is -0.385. The highest BCUT2D eigenvalue weighted by atomic mass is 16.6. The number of anilines is 2. The van der Waals surface area contributed by atoms with Crippen molar-refractivity contribution in [2.24, 2.45) is 0 Å². The predicted molar refractivity (Wildman–Crippen MR) is 129 cm³/mol. The van der Waals surface area contributed by atoms with Crippen LogP contribution < -0.4 is 10.2 Å². The molecule has 1 N–H and O–H groups in total. The summed E-state index contributed by atoms with van der Waals surface area (Å²) >= 11 is 0. The summed E-state index contributed by atoms with van der Waals surface area (Å²) in [5.74, 6) is 0.147. The standard InChI is InChI=1S/C25H24N4O4/c1-4-28(5-2)20-10-6-17(7-11-20)25-27-21-15-19(9-13-23(21)33-25)26-24(30)18-8-12-22(29(31)32)16(3)14-18/h6-15H,4-5H2,1-3H3,(H,26,30). The summed E-state index contributed by atoms with van der Waals surface area (Å²) in [6, 6.07) is 17.6. The zero-order chi connectivity index (χ0) is 23.5. The number of carbonyl (C=O) groups is 1. The molecule has 4 rings (SSSR count). The van der Waals surface area contributed by atoms with Gasteiger partial charge in [-0.1, -0.05) is 0 Å². The molecule has 0 bridgehead atoms. The van der Waals surface area contributed by atoms with Gasteiger partial charge in [0, 0.05) is 47.2 Å². The third-order valence-electron chi connectivity index (χ3n) is 5.54. The maximum Gasteiger partial charge on any atom is 0.272 e. The van der Waals surface area contributed by atoms with Gasteiger partial charge in [-0.3, -0.25) is 14.9 Å². The number of amides is 1. The normalized spacial score (nSPS) is 10.9. The average Bonchev–Trinajstić information content (AvgIpc) is 3.23. The lowest BCUT2D eigenvalue weighted by Gasteiger charge is -2.20. The zero-order valence-electron chi connectivity index (χ0n) is 18.7. The first-order valence-electron chi connectivity index (χ1n) is 10.7. The molecular formula is C25H24N4O4. The van der Waals surface area contributed by atoms with Crippen LogP contribution in [-0.2, 0) is 0 Å². The molecule has 0 spiro atoms. The Hall–Kier alpha value is -4.20. The monoisotopic (exact) mass is 444 g/mol. The Morgan fingerprint density at radius 1 is 1.06 bits per heavy atom. The minimum Gasteiger partial charge on any atom is -0.436 e. The van der Waals surface area contributed by atoms with Crippen LogP contribution in [0.15, 0.2) is 65.1 Å². The number of hydrogen-bond donors (Lipinski definition) is 1. The van der Waals surface area contributed by atoms with Crippen LogP contribution in [0.5, 0.6) is 0 Å². The van der Waals surface area contributed by atoms with Gasteiger partial charge in [0.15, 0.2) is 5.58 Å². The van der Waals surface area contributed by atoms with Crippen molar-refractivity contribution in [2.45, 2.75) is 20.8 Å². The number of benzene rings is 3. The first-order valence-corrected chi connectivity index (χ1v) is 10.7. The minimum absolute atomic E-state index is 0.0202. The first-order chi connectivity index (χ1) is 15.9. The van der Waals surface area contributed by atoms with E-state index < -0.39 is 4.92 Å². The van der Waals surface area contributed by atoms with Crippen LogP contribution in [0.4, 0.5) is 17.1 Å². The third-order valence-corrected chi connectivity index (χ3v) is 5.54. The maximum absolute atomic E-state index is 12.6. The number of oxazole rings is 1. The number of nitrogens with one attached hydrogen (secondary N) is 1. The molecule has 0 radical (unpaired) electrons. The van der Waals surface area contributed by atoms with Crippen molar-refractivity contribution in [1.82, 2.24) is 4.98 Å². The SMILES string of the molecule is CCN(CC)c1ccc(-c2nc3cc(NC(=O)c4ccc([N+](=O)[O-])c(C)c4)ccc3o2)cc1. The fourth-order valence-corrected chi connectivity index (χ4v) is 3.74. The number of hydrogen-bond acceptors (Lipinski definition) is 6. The van der Waals surface area contributed by atoms with Gasteiger partial charge in [0.1, 0.15) is 5.52 Å². The molecule has 3 aromatic carbocycles. The Morgan fingerprint density at radius 3 is 2.42 bits per heavy atom. The predicted octanol–water partition coefficient (Wildman–Crippen LogP) is 5.81. The van der Waals surface area contributed by atoms with E-state index in [0.29, 0.717) is 33.8 Å². The molecule has 0 aliphatic heterocycles. The van der Waals surface area contributed by atoms with Gasteiger partial charge < -0.3 is 14.6 Å². The molecule has 8 heteroatoms. The molecule has 1 amide bonds. The molecule has 8 nitrogen and oxygen atoms in total. The van der Waals surface area contributed by atoms with Crippen LogP contribution >= 0.6 is 0 Å². The minimum atomic E-state index is -0.468. The number of fused-ring (bicyclic) bond motifs is 1. The van der Waals surface area contributed by atoms with Crippen molar-refractivity contribution < 1.29 is 14.1 Å². The molecule has 0 saturated carbocycles. The van der Waals surface area contributed by atoms with Crippen molar-refractivity contribution in [1.29, 1.82) is 0 Å². The quantitative estimate of drug-likeness (QED) is 0.285. The average molecular weight is 444 g/mol. The fraction of sp³-hybridized carbons (Fsp3) is 0.200. The fourth-order valence-electron chi connectivity index (χ4n) is 3.74. The Balaban J connectivity index is 1.54. The van der Waals surface area contributed by atoms with Crippen LogP contribution in [-0.4, -0.2) is 28.9 Å². The van der Waals surface area contributed by atoms with E-state index in [9.17, 15) is 14.9 Å². The van der Waals surface area contributed by atoms with E-state index in [2.05, 4.69) is 41.2 Å². The molecule has 0 aliphatic carbocycles. The molecule has 33 heavy (non-hydrogen) atoms. The first kappa shape index (κ1) is 22.0. The summed E-state index contributed by atoms with van der Waals surface area (Å²) in [6.07, 6.45) is 0. The Morgan fingerprint density at radius 2 is 1.79 bits per heavy atom. The van der Waals surface area contributed by atoms with E-state index >= 15 is 0 Å². The molecule has 4 aromatic rings. The van der Waals surface area contributed by atoms with Crippen LogP contribution in [0.2, 0.25) is 0 Å². The van der Waals surface area contributed by atoms with Gasteiger partial charge in [0.25, 0.3) is 11.6 Å². The summed E-state index contributed by atoms with van der Waals surface area (Å²) in [5, 5.41) is 13.8. The molecule has 0 unspecified atom stereocenters. The summed E-state index contributed by atoms with van der Waals surface area (Å²) in [4.78, 5) is 30.0. The van der Waals surface area contributed by atoms with Crippen molar-refractivity contribution in [3.8, 4) is 11.5 Å². The number of aromatic nitrogens is 1. The van der Waals surface area contributed by atoms with Crippen molar-refractivity contribution in [2.75, 3.05) is 23.3 Å². The van der Waals surface area contributed by atoms with E-state index in [1.165, 1.54) is 18.2 Å². The van der Waals surface area contributed by atoms with E-state index in [1.807, 2.05) is 12.1 Å². The number of nitrogens with zero attached hydrogens (tertiary/aromatic N) is 3. The number of carbonyl (C=O) groups excluding carboxylic acids is 1. The highest BCUT2D eigenvalue weighted by molar-refractivity contribution is 6.05. The number of rotatable bonds is 7. The third kappa shape index (κ3) is 4.55. The number of nitro benzene ring substituents is 1. The second kappa shape index (κ2) is 9.12. The van der Waals surface area contributed by atoms with Crippen LogP contribution in [0.25, 0.3) is 22.6 Å². The second-order valence-corrected chi connectivity index (χ2v) is 7.63. The van der Waals surface area contributed by atoms with Crippen LogP contribution in [0.1, 0.15) is 29.8 Å². The van der Waals surface area contributed by atoms with E-state index in [4.69, 9.17) is 4.42 Å². The van der Waals surface area contributed by atoms with Gasteiger partial charge in [0.2, 0.25) is 5.89 Å². The van der Waals surface area contributed by atoms with Crippen LogP contribution in [0, 0.1) is 17.0 Å². The summed E-state index contributed by atoms with van der Waals surface area (Å²) in [5.41, 5.74) is 4.55. The van der Waals surface area contributed by atoms with Gasteiger partial charge >= 0.3 is 0 Å². The molecule has 1 aromatic heterocycles. The van der Waals surface area contributed by atoms with Crippen molar-refractivity contribution in [3.63, 3.8) is 0 Å². The number of nitro groups is 1. The van der Waals surface area contributed by atoms with Crippen LogP contribution in [0.3, 0.4) is 0 Å². The highest BCUT2D eigenvalue weighted by Crippen LogP contribution is 2.28. The largest absolute Gasteiger partial charge is 0.436 e. The zero-order valence-corrected chi connectivity index (χ0v) is 18.7. The molecule has 1 heterocycles.